The van der Waals surface area contributed by atoms with E-state index in [0.29, 0.717) is 0 Å². The number of nitrogens with two attached hydrogens (primary N) is 1. The van der Waals surface area contributed by atoms with Crippen molar-refractivity contribution in [3.8, 4) is 5.75 Å². The zero-order valence-electron chi connectivity index (χ0n) is 8.87. The van der Waals surface area contributed by atoms with E-state index in [1.807, 2.05) is 26.0 Å². The van der Waals surface area contributed by atoms with Crippen molar-refractivity contribution in [2.75, 3.05) is 13.7 Å². The predicted molar refractivity (Wildman–Crippen MR) is 56.5 cm³/mol. The molecule has 1 rings (SSSR count). The van der Waals surface area contributed by atoms with Crippen LogP contribution in [-0.4, -0.2) is 18.8 Å². The fourth-order valence-corrected chi connectivity index (χ4v) is 1.64. The topological polar surface area (TPSA) is 55.5 Å². The molecule has 0 fully saturated rings. The van der Waals surface area contributed by atoms with Crippen LogP contribution < -0.4 is 10.5 Å². The SMILES string of the molecule is COc1c(C)ccc(C(O)CN)c1C. The third-order valence-corrected chi connectivity index (χ3v) is 2.43. The Morgan fingerprint density at radius 1 is 1.43 bits per heavy atom. The van der Waals surface area contributed by atoms with E-state index in [4.69, 9.17) is 10.5 Å². The van der Waals surface area contributed by atoms with Gasteiger partial charge in [0.2, 0.25) is 0 Å². The lowest BCUT2D eigenvalue weighted by Gasteiger charge is -2.16. The molecule has 3 N–H and O–H groups in total. The first kappa shape index (κ1) is 11.0. The molecule has 0 radical (unpaired) electrons. The van der Waals surface area contributed by atoms with Crippen LogP contribution in [0, 0.1) is 13.8 Å². The second-order valence-corrected chi connectivity index (χ2v) is 3.38. The van der Waals surface area contributed by atoms with E-state index in [1.54, 1.807) is 7.11 Å². The van der Waals surface area contributed by atoms with E-state index in [-0.39, 0.29) is 6.54 Å². The van der Waals surface area contributed by atoms with Crippen molar-refractivity contribution in [3.05, 3.63) is 28.8 Å². The maximum Gasteiger partial charge on any atom is 0.125 e. The molecule has 3 nitrogen and oxygen atoms in total. The Morgan fingerprint density at radius 2 is 2.07 bits per heavy atom. The number of aliphatic hydroxyl groups excluding tert-OH is 1. The van der Waals surface area contributed by atoms with Gasteiger partial charge >= 0.3 is 0 Å². The van der Waals surface area contributed by atoms with Crippen molar-refractivity contribution >= 4 is 0 Å². The lowest BCUT2D eigenvalue weighted by Crippen LogP contribution is -2.13. The molecule has 0 aliphatic carbocycles. The summed E-state index contributed by atoms with van der Waals surface area (Å²) in [7, 11) is 1.63. The maximum absolute atomic E-state index is 9.64. The highest BCUT2D eigenvalue weighted by Gasteiger charge is 2.13. The molecular weight excluding hydrogens is 178 g/mol. The Hall–Kier alpha value is -1.06. The summed E-state index contributed by atoms with van der Waals surface area (Å²) in [6.07, 6.45) is -0.607. The molecule has 0 saturated carbocycles. The Bertz CT molecular complexity index is 323. The first-order valence-electron chi connectivity index (χ1n) is 4.64. The molecule has 1 atom stereocenters. The van der Waals surface area contributed by atoms with Crippen LogP contribution in [0.4, 0.5) is 0 Å². The molecule has 0 aliphatic heterocycles. The van der Waals surface area contributed by atoms with E-state index >= 15 is 0 Å². The van der Waals surface area contributed by atoms with Gasteiger partial charge in [-0.25, -0.2) is 0 Å². The van der Waals surface area contributed by atoms with E-state index < -0.39 is 6.10 Å². The van der Waals surface area contributed by atoms with E-state index in [0.717, 1.165) is 22.4 Å². The molecule has 0 saturated heterocycles. The van der Waals surface area contributed by atoms with Gasteiger partial charge in [-0.2, -0.15) is 0 Å². The average Bonchev–Trinajstić information content (AvgIpc) is 2.18. The Kier molecular flexibility index (Phi) is 3.49. The summed E-state index contributed by atoms with van der Waals surface area (Å²) in [5.74, 6) is 0.829. The number of methoxy groups -OCH3 is 1. The lowest BCUT2D eigenvalue weighted by atomic mass is 10.00. The van der Waals surface area contributed by atoms with Crippen LogP contribution in [-0.2, 0) is 0 Å². The molecular formula is C11H17NO2. The quantitative estimate of drug-likeness (QED) is 0.764. The molecule has 0 heterocycles. The molecule has 14 heavy (non-hydrogen) atoms. The second-order valence-electron chi connectivity index (χ2n) is 3.38. The van der Waals surface area contributed by atoms with Gasteiger partial charge in [0.15, 0.2) is 0 Å². The molecule has 0 aromatic heterocycles. The van der Waals surface area contributed by atoms with Crippen LogP contribution in [0.25, 0.3) is 0 Å². The molecule has 0 amide bonds. The van der Waals surface area contributed by atoms with Crippen LogP contribution >= 0.6 is 0 Å². The molecule has 0 aliphatic rings. The summed E-state index contributed by atoms with van der Waals surface area (Å²) < 4.78 is 5.26. The van der Waals surface area contributed by atoms with Gasteiger partial charge in [0, 0.05) is 6.54 Å². The van der Waals surface area contributed by atoms with Gasteiger partial charge in [0.1, 0.15) is 5.75 Å². The molecule has 3 heteroatoms. The molecule has 0 spiro atoms. The number of benzene rings is 1. The molecule has 78 valence electrons. The van der Waals surface area contributed by atoms with Crippen LogP contribution in [0.5, 0.6) is 5.75 Å². The van der Waals surface area contributed by atoms with Crippen LogP contribution in [0.2, 0.25) is 0 Å². The summed E-state index contributed by atoms with van der Waals surface area (Å²) >= 11 is 0. The van der Waals surface area contributed by atoms with Crippen LogP contribution in [0.3, 0.4) is 0 Å². The zero-order valence-corrected chi connectivity index (χ0v) is 8.87. The van der Waals surface area contributed by atoms with Gasteiger partial charge in [0.25, 0.3) is 0 Å². The normalized spacial score (nSPS) is 12.6. The largest absolute Gasteiger partial charge is 0.496 e. The highest BCUT2D eigenvalue weighted by Crippen LogP contribution is 2.28. The molecule has 1 aromatic carbocycles. The third-order valence-electron chi connectivity index (χ3n) is 2.43. The van der Waals surface area contributed by atoms with Crippen LogP contribution in [0.1, 0.15) is 22.8 Å². The van der Waals surface area contributed by atoms with Gasteiger partial charge in [0.05, 0.1) is 13.2 Å². The summed E-state index contributed by atoms with van der Waals surface area (Å²) in [4.78, 5) is 0. The molecule has 1 aromatic rings. The van der Waals surface area contributed by atoms with Gasteiger partial charge in [-0.05, 0) is 30.5 Å². The number of hydrogen-bond acceptors (Lipinski definition) is 3. The van der Waals surface area contributed by atoms with E-state index in [2.05, 4.69) is 0 Å². The Balaban J connectivity index is 3.21. The minimum absolute atomic E-state index is 0.229. The van der Waals surface area contributed by atoms with E-state index in [9.17, 15) is 5.11 Å². The van der Waals surface area contributed by atoms with Crippen molar-refractivity contribution in [1.82, 2.24) is 0 Å². The second kappa shape index (κ2) is 4.44. The molecule has 1 unspecified atom stereocenters. The first-order chi connectivity index (χ1) is 6.61. The van der Waals surface area contributed by atoms with Crippen molar-refractivity contribution < 1.29 is 9.84 Å². The minimum atomic E-state index is -0.607. The van der Waals surface area contributed by atoms with Crippen molar-refractivity contribution in [2.24, 2.45) is 5.73 Å². The van der Waals surface area contributed by atoms with Crippen molar-refractivity contribution in [1.29, 1.82) is 0 Å². The van der Waals surface area contributed by atoms with Gasteiger partial charge in [-0.3, -0.25) is 0 Å². The van der Waals surface area contributed by atoms with E-state index in [1.165, 1.54) is 0 Å². The number of rotatable bonds is 3. The monoisotopic (exact) mass is 195 g/mol. The lowest BCUT2D eigenvalue weighted by molar-refractivity contribution is 0.185. The smallest absolute Gasteiger partial charge is 0.125 e. The zero-order chi connectivity index (χ0) is 10.7. The highest BCUT2D eigenvalue weighted by molar-refractivity contribution is 5.45. The number of hydrogen-bond donors (Lipinski definition) is 2. The van der Waals surface area contributed by atoms with Crippen LogP contribution in [0.15, 0.2) is 12.1 Å². The number of ether oxygens (including phenoxy) is 1. The minimum Gasteiger partial charge on any atom is -0.496 e. The van der Waals surface area contributed by atoms with Crippen molar-refractivity contribution in [3.63, 3.8) is 0 Å². The van der Waals surface area contributed by atoms with Crippen molar-refractivity contribution in [2.45, 2.75) is 20.0 Å². The fraction of sp³-hybridized carbons (Fsp3) is 0.455. The van der Waals surface area contributed by atoms with Gasteiger partial charge < -0.3 is 15.6 Å². The number of aliphatic hydroxyl groups is 1. The molecule has 0 bridgehead atoms. The predicted octanol–water partition coefficient (Wildman–Crippen LogP) is 1.30. The maximum atomic E-state index is 9.64. The van der Waals surface area contributed by atoms with Gasteiger partial charge in [-0.1, -0.05) is 12.1 Å². The fourth-order valence-electron chi connectivity index (χ4n) is 1.64. The standard InChI is InChI=1S/C11H17NO2/c1-7-4-5-9(10(13)6-12)8(2)11(7)14-3/h4-5,10,13H,6,12H2,1-3H3. The third kappa shape index (κ3) is 1.89. The van der Waals surface area contributed by atoms with Gasteiger partial charge in [-0.15, -0.1) is 0 Å². The Labute approximate surface area is 84.5 Å². The summed E-state index contributed by atoms with van der Waals surface area (Å²) in [6, 6.07) is 3.82. The first-order valence-corrected chi connectivity index (χ1v) is 4.64. The Morgan fingerprint density at radius 3 is 2.57 bits per heavy atom. The summed E-state index contributed by atoms with van der Waals surface area (Å²) in [5.41, 5.74) is 8.29. The average molecular weight is 195 g/mol. The summed E-state index contributed by atoms with van der Waals surface area (Å²) in [6.45, 7) is 4.14. The summed E-state index contributed by atoms with van der Waals surface area (Å²) in [5, 5.41) is 9.64. The highest BCUT2D eigenvalue weighted by atomic mass is 16.5. The number of aryl methyl sites for hydroxylation is 1.